The molecule has 0 saturated carbocycles. The molecule has 26 heavy (non-hydrogen) atoms. The minimum Gasteiger partial charge on any atom is -0.392 e. The molecule has 0 aliphatic rings. The van der Waals surface area contributed by atoms with Crippen molar-refractivity contribution in [3.05, 3.63) is 30.4 Å². The Morgan fingerprint density at radius 3 is 2.04 bits per heavy atom. The Bertz CT molecular complexity index is 439. The Morgan fingerprint density at radius 1 is 0.846 bits per heavy atom. The van der Waals surface area contributed by atoms with Crippen LogP contribution in [0.1, 0.15) is 103 Å². The molecule has 3 nitrogen and oxygen atoms in total. The molecule has 1 aromatic heterocycles. The van der Waals surface area contributed by atoms with Gasteiger partial charge in [-0.1, -0.05) is 76.9 Å². The summed E-state index contributed by atoms with van der Waals surface area (Å²) in [5.41, 5.74) is 0. The summed E-state index contributed by atoms with van der Waals surface area (Å²) < 4.78 is 2.12. The third-order valence-corrected chi connectivity index (χ3v) is 5.12. The maximum absolute atomic E-state index is 9.04. The number of H-pyrrole nitrogens is 1. The van der Waals surface area contributed by atoms with Crippen LogP contribution in [-0.4, -0.2) is 16.7 Å². The standard InChI is InChI=1S/C23H42N2O/c1-2-3-4-5-6-7-8-9-10-11-12-13-14-15-16-17-18-23-24-19-20-25(23)21-22-26/h9-10,19-20,26H,2-8,11-18,21-22H2,1H3/p+1/b10-9-. The molecular formula is C23H43N2O+. The van der Waals surface area contributed by atoms with Crippen LogP contribution in [-0.2, 0) is 13.0 Å². The maximum atomic E-state index is 9.04. The highest BCUT2D eigenvalue weighted by Gasteiger charge is 2.08. The molecule has 1 rings (SSSR count). The van der Waals surface area contributed by atoms with Gasteiger partial charge in [0.2, 0.25) is 0 Å². The van der Waals surface area contributed by atoms with Crippen LogP contribution in [0, 0.1) is 0 Å². The van der Waals surface area contributed by atoms with Gasteiger partial charge in [-0.3, -0.25) is 0 Å². The summed E-state index contributed by atoms with van der Waals surface area (Å²) in [7, 11) is 0. The number of unbranched alkanes of at least 4 members (excludes halogenated alkanes) is 12. The van der Waals surface area contributed by atoms with Crippen molar-refractivity contribution in [1.82, 2.24) is 4.98 Å². The molecule has 0 fully saturated rings. The van der Waals surface area contributed by atoms with Crippen molar-refractivity contribution in [1.29, 1.82) is 0 Å². The first-order valence-corrected chi connectivity index (χ1v) is 11.2. The van der Waals surface area contributed by atoms with E-state index in [1.165, 1.54) is 95.7 Å². The minimum atomic E-state index is 0.211. The quantitative estimate of drug-likeness (QED) is 0.191. The van der Waals surface area contributed by atoms with Crippen molar-refractivity contribution in [2.75, 3.05) is 6.61 Å². The number of aromatic amines is 1. The Balaban J connectivity index is 1.83. The molecule has 1 heterocycles. The number of aliphatic hydroxyl groups excluding tert-OH is 1. The number of aromatic nitrogens is 2. The second-order valence-electron chi connectivity index (χ2n) is 7.51. The summed E-state index contributed by atoms with van der Waals surface area (Å²) in [5, 5.41) is 9.04. The van der Waals surface area contributed by atoms with Gasteiger partial charge in [0, 0.05) is 6.42 Å². The molecule has 0 saturated heterocycles. The first-order chi connectivity index (χ1) is 12.9. The number of allylic oxidation sites excluding steroid dienone is 2. The van der Waals surface area contributed by atoms with Crippen LogP contribution in [0.3, 0.4) is 0 Å². The lowest BCUT2D eigenvalue weighted by Gasteiger charge is -2.01. The molecule has 0 spiro atoms. The Kier molecular flexibility index (Phi) is 15.3. The fourth-order valence-corrected chi connectivity index (χ4v) is 3.47. The molecule has 2 N–H and O–H groups in total. The van der Waals surface area contributed by atoms with E-state index in [1.54, 1.807) is 0 Å². The predicted molar refractivity (Wildman–Crippen MR) is 111 cm³/mol. The lowest BCUT2D eigenvalue weighted by atomic mass is 10.1. The monoisotopic (exact) mass is 363 g/mol. The van der Waals surface area contributed by atoms with Crippen molar-refractivity contribution in [2.24, 2.45) is 0 Å². The Hall–Kier alpha value is -1.09. The van der Waals surface area contributed by atoms with E-state index in [0.717, 1.165) is 6.42 Å². The van der Waals surface area contributed by atoms with Crippen LogP contribution < -0.4 is 4.57 Å². The van der Waals surface area contributed by atoms with Gasteiger partial charge >= 0.3 is 0 Å². The van der Waals surface area contributed by atoms with E-state index in [4.69, 9.17) is 5.11 Å². The van der Waals surface area contributed by atoms with E-state index in [2.05, 4.69) is 28.6 Å². The smallest absolute Gasteiger partial charge is 0.254 e. The molecule has 3 heteroatoms. The SMILES string of the molecule is CCCCCCCC/C=C\CCCCCCCCc1[nH]cc[n+]1CCO. The van der Waals surface area contributed by atoms with Gasteiger partial charge in [-0.25, -0.2) is 9.55 Å². The number of imidazole rings is 1. The molecular weight excluding hydrogens is 320 g/mol. The molecule has 0 amide bonds. The van der Waals surface area contributed by atoms with Gasteiger partial charge in [0.25, 0.3) is 5.82 Å². The lowest BCUT2D eigenvalue weighted by Crippen LogP contribution is -2.37. The van der Waals surface area contributed by atoms with Gasteiger partial charge in [0.15, 0.2) is 0 Å². The molecule has 150 valence electrons. The lowest BCUT2D eigenvalue weighted by molar-refractivity contribution is -0.704. The molecule has 0 bridgehead atoms. The summed E-state index contributed by atoms with van der Waals surface area (Å²) in [6.45, 7) is 3.19. The summed E-state index contributed by atoms with van der Waals surface area (Å²) in [6.07, 6.45) is 28.8. The first kappa shape index (κ1) is 23.0. The number of rotatable bonds is 18. The summed E-state index contributed by atoms with van der Waals surface area (Å²) >= 11 is 0. The fraction of sp³-hybridized carbons (Fsp3) is 0.783. The highest BCUT2D eigenvalue weighted by molar-refractivity contribution is 4.81. The van der Waals surface area contributed by atoms with E-state index in [-0.39, 0.29) is 6.61 Å². The third-order valence-electron chi connectivity index (χ3n) is 5.12. The molecule has 0 aliphatic heterocycles. The zero-order valence-electron chi connectivity index (χ0n) is 17.2. The van der Waals surface area contributed by atoms with Crippen LogP contribution in [0.5, 0.6) is 0 Å². The highest BCUT2D eigenvalue weighted by atomic mass is 16.3. The Morgan fingerprint density at radius 2 is 1.42 bits per heavy atom. The van der Waals surface area contributed by atoms with Crippen molar-refractivity contribution in [3.63, 3.8) is 0 Å². The van der Waals surface area contributed by atoms with E-state index < -0.39 is 0 Å². The fourth-order valence-electron chi connectivity index (χ4n) is 3.47. The highest BCUT2D eigenvalue weighted by Crippen LogP contribution is 2.10. The second kappa shape index (κ2) is 17.3. The molecule has 0 aliphatic carbocycles. The largest absolute Gasteiger partial charge is 0.392 e. The van der Waals surface area contributed by atoms with Crippen LogP contribution in [0.2, 0.25) is 0 Å². The predicted octanol–water partition coefficient (Wildman–Crippen LogP) is 5.87. The van der Waals surface area contributed by atoms with E-state index in [9.17, 15) is 0 Å². The number of aryl methyl sites for hydroxylation is 1. The van der Waals surface area contributed by atoms with Gasteiger partial charge < -0.3 is 5.11 Å². The number of aliphatic hydroxyl groups is 1. The van der Waals surface area contributed by atoms with Crippen molar-refractivity contribution in [2.45, 2.75) is 110 Å². The van der Waals surface area contributed by atoms with Crippen molar-refractivity contribution in [3.8, 4) is 0 Å². The van der Waals surface area contributed by atoms with Crippen LogP contribution in [0.4, 0.5) is 0 Å². The number of nitrogens with zero attached hydrogens (tertiary/aromatic N) is 1. The number of hydrogen-bond donors (Lipinski definition) is 2. The minimum absolute atomic E-state index is 0.211. The average molecular weight is 364 g/mol. The molecule has 0 atom stereocenters. The maximum Gasteiger partial charge on any atom is 0.254 e. The Labute approximate surface area is 161 Å². The summed E-state index contributed by atoms with van der Waals surface area (Å²) in [6, 6.07) is 0. The first-order valence-electron chi connectivity index (χ1n) is 11.2. The van der Waals surface area contributed by atoms with Crippen LogP contribution >= 0.6 is 0 Å². The van der Waals surface area contributed by atoms with Crippen LogP contribution in [0.25, 0.3) is 0 Å². The van der Waals surface area contributed by atoms with Gasteiger partial charge in [-0.2, -0.15) is 0 Å². The topological polar surface area (TPSA) is 39.9 Å². The summed E-state index contributed by atoms with van der Waals surface area (Å²) in [5.74, 6) is 1.24. The molecule has 1 aromatic rings. The van der Waals surface area contributed by atoms with Crippen molar-refractivity contribution >= 4 is 0 Å². The zero-order valence-corrected chi connectivity index (χ0v) is 17.2. The van der Waals surface area contributed by atoms with Gasteiger partial charge in [-0.15, -0.1) is 0 Å². The van der Waals surface area contributed by atoms with Crippen LogP contribution in [0.15, 0.2) is 24.5 Å². The molecule has 0 unspecified atom stereocenters. The van der Waals surface area contributed by atoms with Gasteiger partial charge in [0.1, 0.15) is 18.9 Å². The zero-order chi connectivity index (χ0) is 18.7. The molecule has 0 radical (unpaired) electrons. The van der Waals surface area contributed by atoms with Gasteiger partial charge in [0.05, 0.1) is 6.61 Å². The van der Waals surface area contributed by atoms with Gasteiger partial charge in [-0.05, 0) is 32.1 Å². The van der Waals surface area contributed by atoms with E-state index >= 15 is 0 Å². The second-order valence-corrected chi connectivity index (χ2v) is 7.51. The van der Waals surface area contributed by atoms with E-state index in [0.29, 0.717) is 6.54 Å². The van der Waals surface area contributed by atoms with Crippen molar-refractivity contribution < 1.29 is 9.67 Å². The number of nitrogens with one attached hydrogen (secondary N) is 1. The molecule has 0 aromatic carbocycles. The number of hydrogen-bond acceptors (Lipinski definition) is 1. The third kappa shape index (κ3) is 12.3. The summed E-state index contributed by atoms with van der Waals surface area (Å²) in [4.78, 5) is 3.29. The average Bonchev–Trinajstić information content (AvgIpc) is 3.09. The normalized spacial score (nSPS) is 11.6. The van der Waals surface area contributed by atoms with E-state index in [1.807, 2.05) is 12.4 Å².